The SMILES string of the molecule is COc1cccc(OC)c1-n1c(NS(=O)(=O)[C@@H](C)[C@@H](C)c2ncc(Cl)cn2)nnc1-c1cccnc1. The molecule has 1 N–H and O–H groups in total. The van der Waals surface area contributed by atoms with Gasteiger partial charge in [0.15, 0.2) is 5.82 Å². The molecule has 0 unspecified atom stereocenters. The van der Waals surface area contributed by atoms with Gasteiger partial charge in [0.2, 0.25) is 16.0 Å². The first kappa shape index (κ1) is 25.3. The number of para-hydroxylation sites is 1. The molecule has 0 saturated carbocycles. The summed E-state index contributed by atoms with van der Waals surface area (Å²) in [6.07, 6.45) is 6.08. The van der Waals surface area contributed by atoms with Crippen molar-refractivity contribution in [3.05, 3.63) is 66.0 Å². The Morgan fingerprint density at radius 1 is 0.972 bits per heavy atom. The Labute approximate surface area is 213 Å². The van der Waals surface area contributed by atoms with Crippen LogP contribution in [0.15, 0.2) is 55.1 Å². The Balaban J connectivity index is 1.81. The lowest BCUT2D eigenvalue weighted by Crippen LogP contribution is -2.31. The maximum atomic E-state index is 13.5. The maximum Gasteiger partial charge on any atom is 0.243 e. The lowest BCUT2D eigenvalue weighted by molar-refractivity contribution is 0.391. The summed E-state index contributed by atoms with van der Waals surface area (Å²) in [5.74, 6) is 0.945. The molecular formula is C23H24ClN7O4S. The molecule has 0 amide bonds. The molecule has 3 heterocycles. The predicted molar refractivity (Wildman–Crippen MR) is 135 cm³/mol. The minimum absolute atomic E-state index is 0.0484. The van der Waals surface area contributed by atoms with E-state index < -0.39 is 21.2 Å². The van der Waals surface area contributed by atoms with Gasteiger partial charge in [0.1, 0.15) is 23.0 Å². The minimum Gasteiger partial charge on any atom is -0.494 e. The van der Waals surface area contributed by atoms with E-state index in [4.69, 9.17) is 21.1 Å². The second-order valence-electron chi connectivity index (χ2n) is 7.84. The van der Waals surface area contributed by atoms with Crippen molar-refractivity contribution >= 4 is 27.6 Å². The normalized spacial score (nSPS) is 13.1. The van der Waals surface area contributed by atoms with E-state index in [1.54, 1.807) is 56.6 Å². The summed E-state index contributed by atoms with van der Waals surface area (Å²) < 4.78 is 42.2. The fourth-order valence-electron chi connectivity index (χ4n) is 3.55. The molecule has 1 aromatic carbocycles. The average Bonchev–Trinajstić information content (AvgIpc) is 3.30. The predicted octanol–water partition coefficient (Wildman–Crippen LogP) is 3.72. The van der Waals surface area contributed by atoms with Crippen LogP contribution < -0.4 is 14.2 Å². The zero-order valence-corrected chi connectivity index (χ0v) is 21.5. The molecule has 0 spiro atoms. The van der Waals surface area contributed by atoms with Crippen molar-refractivity contribution in [1.82, 2.24) is 29.7 Å². The van der Waals surface area contributed by atoms with Crippen LogP contribution in [-0.2, 0) is 10.0 Å². The van der Waals surface area contributed by atoms with E-state index in [0.717, 1.165) is 0 Å². The lowest BCUT2D eigenvalue weighted by Gasteiger charge is -2.21. The summed E-state index contributed by atoms with van der Waals surface area (Å²) in [6, 6.07) is 8.75. The van der Waals surface area contributed by atoms with Gasteiger partial charge in [-0.15, -0.1) is 10.2 Å². The quantitative estimate of drug-likeness (QED) is 0.344. The molecule has 11 nitrogen and oxygen atoms in total. The van der Waals surface area contributed by atoms with Crippen molar-refractivity contribution in [1.29, 1.82) is 0 Å². The Morgan fingerprint density at radius 2 is 1.64 bits per heavy atom. The van der Waals surface area contributed by atoms with Gasteiger partial charge in [0.25, 0.3) is 0 Å². The summed E-state index contributed by atoms with van der Waals surface area (Å²) in [6.45, 7) is 3.29. The molecule has 36 heavy (non-hydrogen) atoms. The largest absolute Gasteiger partial charge is 0.494 e. The highest BCUT2D eigenvalue weighted by atomic mass is 35.5. The Hall–Kier alpha value is -3.77. The van der Waals surface area contributed by atoms with Crippen molar-refractivity contribution in [2.24, 2.45) is 0 Å². The second kappa shape index (κ2) is 10.5. The first-order valence-electron chi connectivity index (χ1n) is 10.8. The van der Waals surface area contributed by atoms with Crippen LogP contribution >= 0.6 is 11.6 Å². The number of hydrogen-bond donors (Lipinski definition) is 1. The van der Waals surface area contributed by atoms with Crippen LogP contribution in [0.5, 0.6) is 11.5 Å². The van der Waals surface area contributed by atoms with Gasteiger partial charge in [-0.1, -0.05) is 24.6 Å². The molecule has 0 aliphatic rings. The fourth-order valence-corrected chi connectivity index (χ4v) is 4.88. The number of hydrogen-bond acceptors (Lipinski definition) is 9. The minimum atomic E-state index is -3.99. The lowest BCUT2D eigenvalue weighted by atomic mass is 10.1. The highest BCUT2D eigenvalue weighted by molar-refractivity contribution is 7.93. The van der Waals surface area contributed by atoms with E-state index in [9.17, 15) is 8.42 Å². The first-order valence-corrected chi connectivity index (χ1v) is 12.8. The van der Waals surface area contributed by atoms with Gasteiger partial charge in [-0.2, -0.15) is 0 Å². The molecular weight excluding hydrogens is 506 g/mol. The highest BCUT2D eigenvalue weighted by Crippen LogP contribution is 2.38. The number of aromatic nitrogens is 6. The first-order chi connectivity index (χ1) is 17.3. The van der Waals surface area contributed by atoms with Gasteiger partial charge in [0, 0.05) is 36.3 Å². The number of ether oxygens (including phenoxy) is 2. The van der Waals surface area contributed by atoms with Crippen LogP contribution in [-0.4, -0.2) is 57.6 Å². The zero-order chi connectivity index (χ0) is 25.9. The van der Waals surface area contributed by atoms with Gasteiger partial charge in [-0.25, -0.2) is 18.4 Å². The van der Waals surface area contributed by atoms with E-state index in [-0.39, 0.29) is 5.95 Å². The summed E-state index contributed by atoms with van der Waals surface area (Å²) >= 11 is 5.87. The van der Waals surface area contributed by atoms with E-state index in [1.807, 2.05) is 0 Å². The number of nitrogens with zero attached hydrogens (tertiary/aromatic N) is 6. The molecule has 0 radical (unpaired) electrons. The smallest absolute Gasteiger partial charge is 0.243 e. The summed E-state index contributed by atoms with van der Waals surface area (Å²) in [7, 11) is -0.981. The number of benzene rings is 1. The number of pyridine rings is 1. The summed E-state index contributed by atoms with van der Waals surface area (Å²) in [5.41, 5.74) is 1.03. The van der Waals surface area contributed by atoms with E-state index in [1.165, 1.54) is 31.2 Å². The Morgan fingerprint density at radius 3 is 2.22 bits per heavy atom. The topological polar surface area (TPSA) is 134 Å². The molecule has 4 aromatic rings. The Bertz CT molecular complexity index is 1430. The zero-order valence-electron chi connectivity index (χ0n) is 20.0. The summed E-state index contributed by atoms with van der Waals surface area (Å²) in [4.78, 5) is 12.5. The third-order valence-electron chi connectivity index (χ3n) is 5.68. The van der Waals surface area contributed by atoms with E-state index in [2.05, 4.69) is 29.9 Å². The number of anilines is 1. The van der Waals surface area contributed by atoms with Crippen molar-refractivity contribution in [3.63, 3.8) is 0 Å². The number of halogens is 1. The Kier molecular flexibility index (Phi) is 7.36. The standard InChI is InChI=1S/C23H24ClN7O4S/c1-14(21-26-12-17(24)13-27-21)15(2)36(32,33)30-23-29-28-22(16-7-6-10-25-11-16)31(23)20-18(34-3)8-5-9-19(20)35-4/h5-15H,1-4H3,(H,29,30)/t14-,15+/m1/s1. The third kappa shape index (κ3) is 4.95. The van der Waals surface area contributed by atoms with Crippen LogP contribution in [0.3, 0.4) is 0 Å². The van der Waals surface area contributed by atoms with Crippen molar-refractivity contribution < 1.29 is 17.9 Å². The van der Waals surface area contributed by atoms with Gasteiger partial charge in [-0.3, -0.25) is 14.3 Å². The number of nitrogens with one attached hydrogen (secondary N) is 1. The number of sulfonamides is 1. The number of methoxy groups -OCH3 is 2. The fraction of sp³-hybridized carbons (Fsp3) is 0.261. The van der Waals surface area contributed by atoms with E-state index in [0.29, 0.717) is 39.4 Å². The molecule has 4 rings (SSSR count). The van der Waals surface area contributed by atoms with Crippen molar-refractivity contribution in [2.75, 3.05) is 18.9 Å². The average molecular weight is 530 g/mol. The van der Waals surface area contributed by atoms with Gasteiger partial charge >= 0.3 is 0 Å². The van der Waals surface area contributed by atoms with Crippen LogP contribution in [0, 0.1) is 0 Å². The van der Waals surface area contributed by atoms with Crippen LogP contribution in [0.1, 0.15) is 25.6 Å². The molecule has 0 aliphatic heterocycles. The molecule has 13 heteroatoms. The van der Waals surface area contributed by atoms with Crippen molar-refractivity contribution in [3.8, 4) is 28.6 Å². The molecule has 0 saturated heterocycles. The molecule has 3 aromatic heterocycles. The summed E-state index contributed by atoms with van der Waals surface area (Å²) in [5, 5.41) is 7.87. The highest BCUT2D eigenvalue weighted by Gasteiger charge is 2.32. The van der Waals surface area contributed by atoms with Gasteiger partial charge in [0.05, 0.1) is 24.5 Å². The monoisotopic (exact) mass is 529 g/mol. The van der Waals surface area contributed by atoms with Crippen LogP contribution in [0.25, 0.3) is 17.1 Å². The van der Waals surface area contributed by atoms with E-state index >= 15 is 0 Å². The van der Waals surface area contributed by atoms with Crippen molar-refractivity contribution in [2.45, 2.75) is 25.0 Å². The van der Waals surface area contributed by atoms with Crippen LogP contribution in [0.2, 0.25) is 5.02 Å². The second-order valence-corrected chi connectivity index (χ2v) is 10.3. The third-order valence-corrected chi connectivity index (χ3v) is 7.73. The molecule has 0 bridgehead atoms. The molecule has 188 valence electrons. The van der Waals surface area contributed by atoms with Gasteiger partial charge in [-0.05, 0) is 31.2 Å². The molecule has 0 fully saturated rings. The van der Waals surface area contributed by atoms with Gasteiger partial charge < -0.3 is 9.47 Å². The number of rotatable bonds is 9. The van der Waals surface area contributed by atoms with Crippen LogP contribution in [0.4, 0.5) is 5.95 Å². The molecule has 2 atom stereocenters. The molecule has 0 aliphatic carbocycles. The maximum absolute atomic E-state index is 13.5.